The average molecular weight is 291 g/mol. The fourth-order valence-corrected chi connectivity index (χ4v) is 2.87. The van der Waals surface area contributed by atoms with Gasteiger partial charge in [-0.15, -0.1) is 10.2 Å². The number of hydrogen-bond acceptors (Lipinski definition) is 5. The molecular formula is C14H17N3O2S. The van der Waals surface area contributed by atoms with Crippen molar-refractivity contribution in [2.24, 2.45) is 7.05 Å². The van der Waals surface area contributed by atoms with E-state index >= 15 is 0 Å². The van der Waals surface area contributed by atoms with Crippen LogP contribution in [0.3, 0.4) is 0 Å². The average Bonchev–Trinajstić information content (AvgIpc) is 2.80. The van der Waals surface area contributed by atoms with E-state index in [9.17, 15) is 4.79 Å². The number of aromatic nitrogens is 3. The monoisotopic (exact) mass is 291 g/mol. The second-order valence-corrected chi connectivity index (χ2v) is 5.37. The summed E-state index contributed by atoms with van der Waals surface area (Å²) >= 11 is 1.50. The molecule has 5 nitrogen and oxygen atoms in total. The van der Waals surface area contributed by atoms with Gasteiger partial charge in [0.2, 0.25) is 0 Å². The third-order valence-electron chi connectivity index (χ3n) is 3.12. The van der Waals surface area contributed by atoms with Gasteiger partial charge in [-0.05, 0) is 12.5 Å². The summed E-state index contributed by atoms with van der Waals surface area (Å²) in [6, 6.07) is 9.63. The standard InChI is InChI=1S/C14H17N3O2S/c1-10-15-16-14(17(10)2)20-9-12(13(18)19-3)11-7-5-4-6-8-11/h4-8,12H,9H2,1-3H3. The van der Waals surface area contributed by atoms with Crippen LogP contribution >= 0.6 is 11.8 Å². The number of aryl methyl sites for hydroxylation is 1. The van der Waals surface area contributed by atoms with Gasteiger partial charge in [-0.25, -0.2) is 0 Å². The first-order valence-electron chi connectivity index (χ1n) is 6.25. The van der Waals surface area contributed by atoms with Crippen molar-refractivity contribution in [1.82, 2.24) is 14.8 Å². The molecule has 0 saturated heterocycles. The zero-order chi connectivity index (χ0) is 14.5. The van der Waals surface area contributed by atoms with E-state index in [1.54, 1.807) is 0 Å². The zero-order valence-corrected chi connectivity index (χ0v) is 12.6. The molecule has 0 saturated carbocycles. The minimum atomic E-state index is -0.303. The first-order chi connectivity index (χ1) is 9.63. The van der Waals surface area contributed by atoms with Crippen LogP contribution in [0.5, 0.6) is 0 Å². The topological polar surface area (TPSA) is 57.0 Å². The molecule has 0 aliphatic heterocycles. The van der Waals surface area contributed by atoms with E-state index < -0.39 is 0 Å². The highest BCUT2D eigenvalue weighted by molar-refractivity contribution is 7.99. The van der Waals surface area contributed by atoms with E-state index in [-0.39, 0.29) is 11.9 Å². The maximum Gasteiger partial charge on any atom is 0.313 e. The van der Waals surface area contributed by atoms with Crippen LogP contribution in [0.4, 0.5) is 0 Å². The molecule has 1 atom stereocenters. The number of hydrogen-bond donors (Lipinski definition) is 0. The number of esters is 1. The Hall–Kier alpha value is -1.82. The van der Waals surface area contributed by atoms with Gasteiger partial charge in [-0.1, -0.05) is 42.1 Å². The molecule has 1 aromatic heterocycles. The highest BCUT2D eigenvalue weighted by Crippen LogP contribution is 2.26. The second kappa shape index (κ2) is 6.56. The van der Waals surface area contributed by atoms with Gasteiger partial charge in [0.25, 0.3) is 0 Å². The van der Waals surface area contributed by atoms with Gasteiger partial charge in [0.1, 0.15) is 5.82 Å². The molecule has 0 radical (unpaired) electrons. The van der Waals surface area contributed by atoms with Crippen molar-refractivity contribution < 1.29 is 9.53 Å². The number of ether oxygens (including phenoxy) is 1. The molecule has 0 spiro atoms. The fraction of sp³-hybridized carbons (Fsp3) is 0.357. The summed E-state index contributed by atoms with van der Waals surface area (Å²) in [5.74, 6) is 0.885. The molecule has 1 unspecified atom stereocenters. The summed E-state index contributed by atoms with van der Waals surface area (Å²) in [5.41, 5.74) is 0.950. The Balaban J connectivity index is 2.13. The molecule has 0 bridgehead atoms. The second-order valence-electron chi connectivity index (χ2n) is 4.39. The van der Waals surface area contributed by atoms with E-state index in [1.807, 2.05) is 48.9 Å². The van der Waals surface area contributed by atoms with E-state index in [2.05, 4.69) is 10.2 Å². The molecule has 6 heteroatoms. The number of benzene rings is 1. The Kier molecular flexibility index (Phi) is 4.79. The molecule has 1 aromatic carbocycles. The summed E-state index contributed by atoms with van der Waals surface area (Å²) in [6.07, 6.45) is 0. The van der Waals surface area contributed by atoms with Crippen molar-refractivity contribution >= 4 is 17.7 Å². The van der Waals surface area contributed by atoms with Crippen LogP contribution in [-0.2, 0) is 16.6 Å². The van der Waals surface area contributed by atoms with Crippen LogP contribution in [-0.4, -0.2) is 33.6 Å². The summed E-state index contributed by atoms with van der Waals surface area (Å²) in [4.78, 5) is 11.9. The lowest BCUT2D eigenvalue weighted by atomic mass is 10.0. The third-order valence-corrected chi connectivity index (χ3v) is 4.23. The van der Waals surface area contributed by atoms with Crippen LogP contribution in [0, 0.1) is 6.92 Å². The minimum absolute atomic E-state index is 0.234. The van der Waals surface area contributed by atoms with Gasteiger partial charge < -0.3 is 9.30 Å². The lowest BCUT2D eigenvalue weighted by Crippen LogP contribution is -2.17. The van der Waals surface area contributed by atoms with Crippen molar-refractivity contribution in [2.75, 3.05) is 12.9 Å². The molecular weight excluding hydrogens is 274 g/mol. The van der Waals surface area contributed by atoms with Crippen molar-refractivity contribution in [3.63, 3.8) is 0 Å². The van der Waals surface area contributed by atoms with Crippen molar-refractivity contribution in [3.8, 4) is 0 Å². The van der Waals surface area contributed by atoms with Crippen LogP contribution in [0.2, 0.25) is 0 Å². The number of nitrogens with zero attached hydrogens (tertiary/aromatic N) is 3. The molecule has 0 aliphatic carbocycles. The molecule has 20 heavy (non-hydrogen) atoms. The largest absolute Gasteiger partial charge is 0.469 e. The first kappa shape index (κ1) is 14.6. The molecule has 106 valence electrons. The third kappa shape index (κ3) is 3.19. The highest BCUT2D eigenvalue weighted by atomic mass is 32.2. The molecule has 0 fully saturated rings. The van der Waals surface area contributed by atoms with Gasteiger partial charge >= 0.3 is 5.97 Å². The molecule has 0 amide bonds. The van der Waals surface area contributed by atoms with E-state index in [4.69, 9.17) is 4.74 Å². The van der Waals surface area contributed by atoms with Gasteiger partial charge in [-0.2, -0.15) is 0 Å². The minimum Gasteiger partial charge on any atom is -0.469 e. The predicted molar refractivity (Wildman–Crippen MR) is 77.7 cm³/mol. The van der Waals surface area contributed by atoms with E-state index in [0.717, 1.165) is 16.5 Å². The van der Waals surface area contributed by atoms with Crippen molar-refractivity contribution in [1.29, 1.82) is 0 Å². The lowest BCUT2D eigenvalue weighted by molar-refractivity contribution is -0.141. The summed E-state index contributed by atoms with van der Waals surface area (Å²) in [6.45, 7) is 1.89. The molecule has 2 rings (SSSR count). The Morgan fingerprint density at radius 3 is 2.60 bits per heavy atom. The number of carbonyl (C=O) groups excluding carboxylic acids is 1. The number of thioether (sulfide) groups is 1. The van der Waals surface area contributed by atoms with E-state index in [1.165, 1.54) is 18.9 Å². The first-order valence-corrected chi connectivity index (χ1v) is 7.23. The van der Waals surface area contributed by atoms with Crippen molar-refractivity contribution in [2.45, 2.75) is 18.0 Å². The Bertz CT molecular complexity index is 583. The normalized spacial score (nSPS) is 12.2. The number of rotatable bonds is 5. The molecule has 0 N–H and O–H groups in total. The van der Waals surface area contributed by atoms with E-state index in [0.29, 0.717) is 5.75 Å². The van der Waals surface area contributed by atoms with Crippen LogP contribution in [0.15, 0.2) is 35.5 Å². The smallest absolute Gasteiger partial charge is 0.313 e. The number of methoxy groups -OCH3 is 1. The fourth-order valence-electron chi connectivity index (χ4n) is 1.80. The SMILES string of the molecule is COC(=O)C(CSc1nnc(C)n1C)c1ccccc1. The van der Waals surface area contributed by atoms with Crippen LogP contribution in [0.1, 0.15) is 17.3 Å². The molecule has 2 aromatic rings. The Morgan fingerprint density at radius 2 is 2.05 bits per heavy atom. The molecule has 0 aliphatic rings. The van der Waals surface area contributed by atoms with Crippen LogP contribution in [0.25, 0.3) is 0 Å². The van der Waals surface area contributed by atoms with Gasteiger partial charge in [0, 0.05) is 12.8 Å². The lowest BCUT2D eigenvalue weighted by Gasteiger charge is -2.14. The molecule has 1 heterocycles. The quantitative estimate of drug-likeness (QED) is 0.624. The summed E-state index contributed by atoms with van der Waals surface area (Å²) in [7, 11) is 3.32. The number of carbonyl (C=O) groups is 1. The highest BCUT2D eigenvalue weighted by Gasteiger charge is 2.22. The Morgan fingerprint density at radius 1 is 1.35 bits per heavy atom. The Labute approximate surface area is 122 Å². The maximum atomic E-state index is 11.9. The summed E-state index contributed by atoms with van der Waals surface area (Å²) in [5, 5.41) is 8.90. The maximum absolute atomic E-state index is 11.9. The summed E-state index contributed by atoms with van der Waals surface area (Å²) < 4.78 is 6.80. The van der Waals surface area contributed by atoms with Crippen molar-refractivity contribution in [3.05, 3.63) is 41.7 Å². The zero-order valence-electron chi connectivity index (χ0n) is 11.7. The van der Waals surface area contributed by atoms with Crippen LogP contribution < -0.4 is 0 Å². The van der Waals surface area contributed by atoms with Gasteiger partial charge in [0.15, 0.2) is 5.16 Å². The predicted octanol–water partition coefficient (Wildman–Crippen LogP) is 2.17. The van der Waals surface area contributed by atoms with Gasteiger partial charge in [-0.3, -0.25) is 4.79 Å². The van der Waals surface area contributed by atoms with Gasteiger partial charge in [0.05, 0.1) is 13.0 Å².